The summed E-state index contributed by atoms with van der Waals surface area (Å²) < 4.78 is 28.9. The van der Waals surface area contributed by atoms with Crippen LogP contribution in [0.15, 0.2) is 82.8 Å². The quantitative estimate of drug-likeness (QED) is 0.265. The Bertz CT molecular complexity index is 1680. The Morgan fingerprint density at radius 2 is 1.70 bits per heavy atom. The summed E-state index contributed by atoms with van der Waals surface area (Å²) in [6, 6.07) is 21.9. The first-order valence-electron chi connectivity index (χ1n) is 11.4. The Hall–Kier alpha value is -3.54. The number of para-hydroxylation sites is 1. The zero-order valence-corrected chi connectivity index (χ0v) is 22.5. The molecule has 11 heteroatoms. The van der Waals surface area contributed by atoms with Crippen LogP contribution in [0, 0.1) is 13.8 Å². The molecule has 0 aliphatic rings. The van der Waals surface area contributed by atoms with E-state index in [1.54, 1.807) is 28.8 Å². The molecule has 1 N–H and O–H groups in total. The molecule has 37 heavy (non-hydrogen) atoms. The lowest BCUT2D eigenvalue weighted by atomic mass is 10.2. The van der Waals surface area contributed by atoms with E-state index in [0.29, 0.717) is 16.0 Å². The van der Waals surface area contributed by atoms with Gasteiger partial charge in [-0.25, -0.2) is 13.4 Å². The molecule has 0 atom stereocenters. The first-order chi connectivity index (χ1) is 17.8. The summed E-state index contributed by atoms with van der Waals surface area (Å²) in [6.45, 7) is 3.91. The van der Waals surface area contributed by atoms with Crippen LogP contribution in [0.1, 0.15) is 17.0 Å². The summed E-state index contributed by atoms with van der Waals surface area (Å²) in [5, 5.41) is 12.2. The molecule has 0 unspecified atom stereocenters. The smallest absolute Gasteiger partial charge is 0.236 e. The number of fused-ring (bicyclic) bond motifs is 1. The van der Waals surface area contributed by atoms with Crippen LogP contribution in [0.25, 0.3) is 15.9 Å². The molecule has 0 fully saturated rings. The van der Waals surface area contributed by atoms with Gasteiger partial charge < -0.3 is 5.32 Å². The van der Waals surface area contributed by atoms with Gasteiger partial charge in [0.1, 0.15) is 5.75 Å². The van der Waals surface area contributed by atoms with E-state index in [2.05, 4.69) is 20.5 Å². The number of hydrogen-bond acceptors (Lipinski definition) is 8. The van der Waals surface area contributed by atoms with Gasteiger partial charge in [0, 0.05) is 5.69 Å². The van der Waals surface area contributed by atoms with Gasteiger partial charge in [0.2, 0.25) is 5.91 Å². The van der Waals surface area contributed by atoms with E-state index in [4.69, 9.17) is 0 Å². The minimum absolute atomic E-state index is 0.0602. The van der Waals surface area contributed by atoms with Gasteiger partial charge in [-0.3, -0.25) is 9.36 Å². The normalized spacial score (nSPS) is 11.6. The second kappa shape index (κ2) is 10.4. The van der Waals surface area contributed by atoms with Crippen molar-refractivity contribution in [1.82, 2.24) is 19.7 Å². The lowest BCUT2D eigenvalue weighted by molar-refractivity contribution is -0.113. The number of nitrogens with one attached hydrogen (secondary N) is 1. The molecule has 1 amide bonds. The number of thioether (sulfide) groups is 1. The van der Waals surface area contributed by atoms with Crippen LogP contribution in [0.2, 0.25) is 0 Å². The standard InChI is InChI=1S/C26H23N5O3S3/c1-17-8-11-20(12-9-17)37(33,34)16-23-29-30-26(31(23)19-6-4-3-5-7-19)35-15-24(32)28-25-27-21-13-10-18(2)14-22(21)36-25/h3-14H,15-16H2,1-2H3,(H,27,28,32). The zero-order chi connectivity index (χ0) is 26.0. The van der Waals surface area contributed by atoms with Crippen molar-refractivity contribution in [2.75, 3.05) is 11.1 Å². The van der Waals surface area contributed by atoms with Gasteiger partial charge in [-0.05, 0) is 55.8 Å². The van der Waals surface area contributed by atoms with E-state index >= 15 is 0 Å². The van der Waals surface area contributed by atoms with Gasteiger partial charge in [0.25, 0.3) is 0 Å². The molecule has 188 valence electrons. The molecular weight excluding hydrogens is 527 g/mol. The van der Waals surface area contributed by atoms with Gasteiger partial charge >= 0.3 is 0 Å². The highest BCUT2D eigenvalue weighted by Crippen LogP contribution is 2.28. The molecule has 0 aliphatic carbocycles. The summed E-state index contributed by atoms with van der Waals surface area (Å²) in [7, 11) is -3.65. The third kappa shape index (κ3) is 5.74. The van der Waals surface area contributed by atoms with Crippen LogP contribution < -0.4 is 5.32 Å². The van der Waals surface area contributed by atoms with Crippen molar-refractivity contribution in [2.24, 2.45) is 0 Å². The number of carbonyl (C=O) groups is 1. The minimum Gasteiger partial charge on any atom is -0.301 e. The highest BCUT2D eigenvalue weighted by molar-refractivity contribution is 7.99. The van der Waals surface area contributed by atoms with E-state index in [1.165, 1.54) is 23.1 Å². The maximum Gasteiger partial charge on any atom is 0.236 e. The third-order valence-electron chi connectivity index (χ3n) is 5.54. The molecule has 0 radical (unpaired) electrons. The van der Waals surface area contributed by atoms with Crippen molar-refractivity contribution in [3.63, 3.8) is 0 Å². The second-order valence-corrected chi connectivity index (χ2v) is 12.4. The number of sulfone groups is 1. The van der Waals surface area contributed by atoms with Crippen molar-refractivity contribution in [3.8, 4) is 5.69 Å². The molecule has 2 heterocycles. The third-order valence-corrected chi connectivity index (χ3v) is 9.03. The fourth-order valence-corrected chi connectivity index (χ4v) is 6.69. The Labute approximate surface area is 222 Å². The van der Waals surface area contributed by atoms with Gasteiger partial charge in [-0.2, -0.15) is 0 Å². The molecule has 5 rings (SSSR count). The van der Waals surface area contributed by atoms with Crippen molar-refractivity contribution < 1.29 is 13.2 Å². The van der Waals surface area contributed by atoms with Crippen molar-refractivity contribution >= 4 is 54.2 Å². The Balaban J connectivity index is 1.36. The maximum atomic E-state index is 13.1. The number of aryl methyl sites for hydroxylation is 2. The first-order valence-corrected chi connectivity index (χ1v) is 14.8. The summed E-state index contributed by atoms with van der Waals surface area (Å²) in [4.78, 5) is 17.4. The lowest BCUT2D eigenvalue weighted by Gasteiger charge is -2.11. The Morgan fingerprint density at radius 3 is 2.46 bits per heavy atom. The average molecular weight is 550 g/mol. The molecule has 5 aromatic rings. The molecule has 2 aromatic heterocycles. The van der Waals surface area contributed by atoms with E-state index in [1.807, 2.05) is 62.4 Å². The summed E-state index contributed by atoms with van der Waals surface area (Å²) in [5.41, 5.74) is 3.65. The number of anilines is 1. The summed E-state index contributed by atoms with van der Waals surface area (Å²) in [5.74, 6) is -0.228. The fourth-order valence-electron chi connectivity index (χ4n) is 3.69. The minimum atomic E-state index is -3.65. The number of hydrogen-bond donors (Lipinski definition) is 1. The van der Waals surface area contributed by atoms with Crippen LogP contribution in [-0.4, -0.2) is 39.8 Å². The van der Waals surface area contributed by atoms with Gasteiger partial charge in [-0.15, -0.1) is 10.2 Å². The Morgan fingerprint density at radius 1 is 0.973 bits per heavy atom. The van der Waals surface area contributed by atoms with E-state index in [9.17, 15) is 13.2 Å². The lowest BCUT2D eigenvalue weighted by Crippen LogP contribution is -2.15. The van der Waals surface area contributed by atoms with Crippen LogP contribution in [0.4, 0.5) is 5.13 Å². The number of rotatable bonds is 8. The van der Waals surface area contributed by atoms with Crippen molar-refractivity contribution in [1.29, 1.82) is 0 Å². The summed E-state index contributed by atoms with van der Waals surface area (Å²) in [6.07, 6.45) is 0. The zero-order valence-electron chi connectivity index (χ0n) is 20.1. The first kappa shape index (κ1) is 25.1. The number of aromatic nitrogens is 4. The molecule has 0 bridgehead atoms. The molecule has 3 aromatic carbocycles. The van der Waals surface area contributed by atoms with Crippen LogP contribution >= 0.6 is 23.1 Å². The van der Waals surface area contributed by atoms with Gasteiger partial charge in [0.15, 0.2) is 25.9 Å². The molecular formula is C26H23N5O3S3. The number of nitrogens with zero attached hydrogens (tertiary/aromatic N) is 4. The Kier molecular flexibility index (Phi) is 7.09. The molecule has 0 saturated heterocycles. The second-order valence-electron chi connectivity index (χ2n) is 8.47. The highest BCUT2D eigenvalue weighted by atomic mass is 32.2. The number of carbonyl (C=O) groups excluding carboxylic acids is 1. The monoisotopic (exact) mass is 549 g/mol. The fraction of sp³-hybridized carbons (Fsp3) is 0.154. The molecule has 8 nitrogen and oxygen atoms in total. The number of thiazole rings is 1. The molecule has 0 spiro atoms. The largest absolute Gasteiger partial charge is 0.301 e. The predicted molar refractivity (Wildman–Crippen MR) is 147 cm³/mol. The van der Waals surface area contributed by atoms with Crippen LogP contribution in [-0.2, 0) is 20.4 Å². The van der Waals surface area contributed by atoms with Crippen LogP contribution in [0.3, 0.4) is 0 Å². The number of benzene rings is 3. The van der Waals surface area contributed by atoms with E-state index in [0.717, 1.165) is 21.3 Å². The van der Waals surface area contributed by atoms with Gasteiger partial charge in [0.05, 0.1) is 20.9 Å². The van der Waals surface area contributed by atoms with Crippen LogP contribution in [0.5, 0.6) is 0 Å². The van der Waals surface area contributed by atoms with E-state index in [-0.39, 0.29) is 28.1 Å². The average Bonchev–Trinajstić information content (AvgIpc) is 3.45. The van der Waals surface area contributed by atoms with E-state index < -0.39 is 9.84 Å². The number of amides is 1. The SMILES string of the molecule is Cc1ccc(S(=O)(=O)Cc2nnc(SCC(=O)Nc3nc4ccc(C)cc4s3)n2-c2ccccc2)cc1. The van der Waals surface area contributed by atoms with Crippen molar-refractivity contribution in [2.45, 2.75) is 29.7 Å². The summed E-state index contributed by atoms with van der Waals surface area (Å²) >= 11 is 2.60. The topological polar surface area (TPSA) is 107 Å². The predicted octanol–water partition coefficient (Wildman–Crippen LogP) is 5.20. The maximum absolute atomic E-state index is 13.1. The van der Waals surface area contributed by atoms with Gasteiger partial charge in [-0.1, -0.05) is 65.1 Å². The highest BCUT2D eigenvalue weighted by Gasteiger charge is 2.23. The molecule has 0 saturated carbocycles. The molecule has 0 aliphatic heterocycles. The van der Waals surface area contributed by atoms with Crippen molar-refractivity contribution in [3.05, 3.63) is 89.7 Å².